The highest BCUT2D eigenvalue weighted by molar-refractivity contribution is 5.69. The van der Waals surface area contributed by atoms with Crippen LogP contribution in [0.25, 0.3) is 16.7 Å². The second-order valence-corrected chi connectivity index (χ2v) is 3.49. The fourth-order valence-corrected chi connectivity index (χ4v) is 1.41. The molecule has 2 heteroatoms. The largest absolute Gasteiger partial charge is 0.244 e. The van der Waals surface area contributed by atoms with Gasteiger partial charge in [0.2, 0.25) is 0 Å². The zero-order chi connectivity index (χ0) is 10.7. The average molecular weight is 196 g/mol. The first-order valence-electron chi connectivity index (χ1n) is 4.79. The molecule has 0 bridgehead atoms. The Morgan fingerprint density at radius 2 is 1.87 bits per heavy atom. The van der Waals surface area contributed by atoms with Gasteiger partial charge in [-0.25, -0.2) is 9.97 Å². The molecule has 0 radical (unpaired) electrons. The van der Waals surface area contributed by atoms with Gasteiger partial charge in [-0.15, -0.1) is 0 Å². The number of hydrogen-bond acceptors (Lipinski definition) is 2. The van der Waals surface area contributed by atoms with Crippen molar-refractivity contribution in [2.75, 3.05) is 0 Å². The van der Waals surface area contributed by atoms with Crippen molar-refractivity contribution in [3.63, 3.8) is 0 Å². The Balaban J connectivity index is 2.46. The summed E-state index contributed by atoms with van der Waals surface area (Å²) in [4.78, 5) is 8.00. The van der Waals surface area contributed by atoms with Crippen LogP contribution < -0.4 is 0 Å². The smallest absolute Gasteiger partial charge is 0.115 e. The molecule has 0 aliphatic rings. The van der Waals surface area contributed by atoms with Gasteiger partial charge in [-0.1, -0.05) is 30.4 Å². The lowest BCUT2D eigenvalue weighted by atomic mass is 10.0. The normalized spacial score (nSPS) is 9.93. The maximum absolute atomic E-state index is 4.00. The Bertz CT molecular complexity index is 475. The van der Waals surface area contributed by atoms with Crippen molar-refractivity contribution in [1.29, 1.82) is 0 Å². The van der Waals surface area contributed by atoms with Crippen LogP contribution in [0.2, 0.25) is 0 Å². The highest BCUT2D eigenvalue weighted by Gasteiger charge is 1.99. The first kappa shape index (κ1) is 9.59. The van der Waals surface area contributed by atoms with Crippen LogP contribution in [0, 0.1) is 0 Å². The zero-order valence-corrected chi connectivity index (χ0v) is 8.64. The molecule has 0 N–H and O–H groups in total. The number of nitrogens with zero attached hydrogens (tertiary/aromatic N) is 2. The summed E-state index contributed by atoms with van der Waals surface area (Å²) in [5, 5.41) is 0. The minimum absolute atomic E-state index is 1.03. The van der Waals surface area contributed by atoms with E-state index in [-0.39, 0.29) is 0 Å². The molecule has 1 aromatic carbocycles. The van der Waals surface area contributed by atoms with Gasteiger partial charge in [0.1, 0.15) is 6.33 Å². The molecule has 1 aromatic heterocycles. The summed E-state index contributed by atoms with van der Waals surface area (Å²) >= 11 is 0. The van der Waals surface area contributed by atoms with E-state index in [9.17, 15) is 0 Å². The molecule has 0 aliphatic heterocycles. The Labute approximate surface area is 89.3 Å². The highest BCUT2D eigenvalue weighted by atomic mass is 14.8. The van der Waals surface area contributed by atoms with Crippen molar-refractivity contribution in [3.8, 4) is 11.1 Å². The van der Waals surface area contributed by atoms with Crippen LogP contribution >= 0.6 is 0 Å². The molecule has 74 valence electrons. The molecule has 2 nitrogen and oxygen atoms in total. The van der Waals surface area contributed by atoms with Crippen molar-refractivity contribution in [3.05, 3.63) is 55.1 Å². The monoisotopic (exact) mass is 196 g/mol. The Morgan fingerprint density at radius 1 is 1.13 bits per heavy atom. The number of hydrogen-bond donors (Lipinski definition) is 0. The quantitative estimate of drug-likeness (QED) is 0.737. The standard InChI is InChI=1S/C13H12N2/c1-10(2)11-4-3-5-12(6-11)13-7-14-9-15-8-13/h3-9H,1H2,2H3. The molecule has 1 heterocycles. The van der Waals surface area contributed by atoms with E-state index in [0.717, 1.165) is 22.3 Å². The van der Waals surface area contributed by atoms with E-state index in [1.807, 2.05) is 31.5 Å². The van der Waals surface area contributed by atoms with E-state index in [1.165, 1.54) is 6.33 Å². The molecule has 0 fully saturated rings. The summed E-state index contributed by atoms with van der Waals surface area (Å²) in [6.07, 6.45) is 5.15. The Hall–Kier alpha value is -1.96. The fraction of sp³-hybridized carbons (Fsp3) is 0.0769. The third-order valence-electron chi connectivity index (χ3n) is 2.25. The maximum Gasteiger partial charge on any atom is 0.115 e. The van der Waals surface area contributed by atoms with Crippen LogP contribution in [0.4, 0.5) is 0 Å². The van der Waals surface area contributed by atoms with Crippen molar-refractivity contribution >= 4 is 5.57 Å². The molecule has 2 aromatic rings. The van der Waals surface area contributed by atoms with Gasteiger partial charge in [0, 0.05) is 18.0 Å². The van der Waals surface area contributed by atoms with Crippen LogP contribution in [-0.4, -0.2) is 9.97 Å². The van der Waals surface area contributed by atoms with Crippen molar-refractivity contribution in [1.82, 2.24) is 9.97 Å². The minimum Gasteiger partial charge on any atom is -0.244 e. The summed E-state index contributed by atoms with van der Waals surface area (Å²) in [5.41, 5.74) is 4.36. The second kappa shape index (κ2) is 4.05. The van der Waals surface area contributed by atoms with E-state index in [1.54, 1.807) is 0 Å². The van der Waals surface area contributed by atoms with Gasteiger partial charge in [-0.3, -0.25) is 0 Å². The Kier molecular flexibility index (Phi) is 2.59. The van der Waals surface area contributed by atoms with Gasteiger partial charge in [-0.05, 0) is 24.1 Å². The lowest BCUT2D eigenvalue weighted by Gasteiger charge is -2.03. The molecule has 0 amide bonds. The number of aromatic nitrogens is 2. The summed E-state index contributed by atoms with van der Waals surface area (Å²) in [5.74, 6) is 0. The van der Waals surface area contributed by atoms with Gasteiger partial charge in [0.25, 0.3) is 0 Å². The summed E-state index contributed by atoms with van der Waals surface area (Å²) < 4.78 is 0. The SMILES string of the molecule is C=C(C)c1cccc(-c2cncnc2)c1. The van der Waals surface area contributed by atoms with Crippen molar-refractivity contribution in [2.45, 2.75) is 6.92 Å². The van der Waals surface area contributed by atoms with Crippen LogP contribution in [0.15, 0.2) is 49.6 Å². The first-order chi connectivity index (χ1) is 7.27. The fourth-order valence-electron chi connectivity index (χ4n) is 1.41. The Morgan fingerprint density at radius 3 is 2.53 bits per heavy atom. The lowest BCUT2D eigenvalue weighted by Crippen LogP contribution is -1.84. The van der Waals surface area contributed by atoms with Crippen LogP contribution in [0.3, 0.4) is 0 Å². The van der Waals surface area contributed by atoms with E-state index < -0.39 is 0 Å². The molecule has 0 spiro atoms. The molecule has 15 heavy (non-hydrogen) atoms. The van der Waals surface area contributed by atoms with Gasteiger partial charge >= 0.3 is 0 Å². The molecule has 0 unspecified atom stereocenters. The topological polar surface area (TPSA) is 25.8 Å². The predicted molar refractivity (Wildman–Crippen MR) is 62.2 cm³/mol. The van der Waals surface area contributed by atoms with Gasteiger partial charge in [0.05, 0.1) is 0 Å². The van der Waals surface area contributed by atoms with E-state index in [2.05, 4.69) is 28.7 Å². The summed E-state index contributed by atoms with van der Waals surface area (Å²) in [6, 6.07) is 8.22. The predicted octanol–water partition coefficient (Wildman–Crippen LogP) is 3.18. The van der Waals surface area contributed by atoms with Gasteiger partial charge in [-0.2, -0.15) is 0 Å². The van der Waals surface area contributed by atoms with E-state index in [4.69, 9.17) is 0 Å². The molecule has 0 saturated heterocycles. The molecular formula is C13H12N2. The van der Waals surface area contributed by atoms with E-state index in [0.29, 0.717) is 0 Å². The van der Waals surface area contributed by atoms with Crippen LogP contribution in [0.1, 0.15) is 12.5 Å². The zero-order valence-electron chi connectivity index (χ0n) is 8.64. The highest BCUT2D eigenvalue weighted by Crippen LogP contribution is 2.21. The van der Waals surface area contributed by atoms with Gasteiger partial charge in [0.15, 0.2) is 0 Å². The van der Waals surface area contributed by atoms with Gasteiger partial charge < -0.3 is 0 Å². The molecular weight excluding hydrogens is 184 g/mol. The summed E-state index contributed by atoms with van der Waals surface area (Å²) in [7, 11) is 0. The third-order valence-corrected chi connectivity index (χ3v) is 2.25. The van der Waals surface area contributed by atoms with Crippen LogP contribution in [0.5, 0.6) is 0 Å². The maximum atomic E-state index is 4.00. The van der Waals surface area contributed by atoms with Crippen LogP contribution in [-0.2, 0) is 0 Å². The third kappa shape index (κ3) is 2.10. The molecule has 0 atom stereocenters. The number of rotatable bonds is 2. The van der Waals surface area contributed by atoms with Crippen molar-refractivity contribution in [2.24, 2.45) is 0 Å². The first-order valence-corrected chi connectivity index (χ1v) is 4.79. The van der Waals surface area contributed by atoms with Crippen molar-refractivity contribution < 1.29 is 0 Å². The second-order valence-electron chi connectivity index (χ2n) is 3.49. The molecule has 0 aliphatic carbocycles. The number of allylic oxidation sites excluding steroid dienone is 1. The average Bonchev–Trinajstić information content (AvgIpc) is 2.30. The van der Waals surface area contributed by atoms with E-state index >= 15 is 0 Å². The summed E-state index contributed by atoms with van der Waals surface area (Å²) in [6.45, 7) is 5.93. The molecule has 2 rings (SSSR count). The lowest BCUT2D eigenvalue weighted by molar-refractivity contribution is 1.17. The number of benzene rings is 1. The minimum atomic E-state index is 1.03. The molecule has 0 saturated carbocycles.